The predicted octanol–water partition coefficient (Wildman–Crippen LogP) is 1.31. The Balaban J connectivity index is 1.83. The molecule has 2 N–H and O–H groups in total. The lowest BCUT2D eigenvalue weighted by atomic mass is 9.87. The van der Waals surface area contributed by atoms with Crippen molar-refractivity contribution < 1.29 is 5.11 Å². The van der Waals surface area contributed by atoms with Crippen LogP contribution in [0.5, 0.6) is 0 Å². The molecule has 90 valence electrons. The Morgan fingerprint density at radius 3 is 2.94 bits per heavy atom. The number of nitriles is 1. The molecule has 0 amide bonds. The molecule has 17 heavy (non-hydrogen) atoms. The van der Waals surface area contributed by atoms with Gasteiger partial charge in [0.05, 0.1) is 18.5 Å². The molecule has 1 saturated carbocycles. The van der Waals surface area contributed by atoms with Gasteiger partial charge in [0.25, 0.3) is 0 Å². The molecule has 0 bridgehead atoms. The summed E-state index contributed by atoms with van der Waals surface area (Å²) in [6, 6.07) is 1.93. The fraction of sp³-hybridized carbons (Fsp3) is 0.583. The van der Waals surface area contributed by atoms with Crippen LogP contribution in [0.25, 0.3) is 0 Å². The third-order valence-electron chi connectivity index (χ3n) is 3.09. The Bertz CT molecular complexity index is 398. The van der Waals surface area contributed by atoms with Gasteiger partial charge >= 0.3 is 0 Å². The van der Waals surface area contributed by atoms with E-state index in [2.05, 4.69) is 15.3 Å². The topological polar surface area (TPSA) is 81.8 Å². The summed E-state index contributed by atoms with van der Waals surface area (Å²) in [6.07, 6.45) is 6.89. The second kappa shape index (κ2) is 5.60. The summed E-state index contributed by atoms with van der Waals surface area (Å²) in [5.74, 6) is 1.18. The minimum atomic E-state index is -0.150. The molecule has 0 aromatic carbocycles. The van der Waals surface area contributed by atoms with Crippen molar-refractivity contribution >= 4 is 5.82 Å². The van der Waals surface area contributed by atoms with E-state index in [0.29, 0.717) is 17.4 Å². The summed E-state index contributed by atoms with van der Waals surface area (Å²) in [4.78, 5) is 8.03. The molecule has 5 heteroatoms. The molecule has 1 aliphatic rings. The van der Waals surface area contributed by atoms with Gasteiger partial charge in [0, 0.05) is 6.54 Å². The van der Waals surface area contributed by atoms with Crippen LogP contribution in [0.4, 0.5) is 5.82 Å². The van der Waals surface area contributed by atoms with Crippen molar-refractivity contribution in [2.45, 2.75) is 31.8 Å². The van der Waals surface area contributed by atoms with Gasteiger partial charge in [-0.15, -0.1) is 0 Å². The standard InChI is InChI=1S/C12H16N4O/c13-5-10-7-16-12(8-14-10)15-6-9-2-1-3-11(17)4-9/h7-9,11,17H,1-4,6H2,(H,15,16). The second-order valence-electron chi connectivity index (χ2n) is 4.47. The second-order valence-corrected chi connectivity index (χ2v) is 4.47. The smallest absolute Gasteiger partial charge is 0.158 e. The van der Waals surface area contributed by atoms with Crippen molar-refractivity contribution in [2.75, 3.05) is 11.9 Å². The third kappa shape index (κ3) is 3.40. The highest BCUT2D eigenvalue weighted by molar-refractivity contribution is 5.33. The minimum absolute atomic E-state index is 0.150. The fourth-order valence-electron chi connectivity index (χ4n) is 2.17. The Morgan fingerprint density at radius 1 is 1.41 bits per heavy atom. The zero-order valence-electron chi connectivity index (χ0n) is 9.63. The van der Waals surface area contributed by atoms with Gasteiger partial charge < -0.3 is 10.4 Å². The highest BCUT2D eigenvalue weighted by Gasteiger charge is 2.19. The van der Waals surface area contributed by atoms with Gasteiger partial charge in [-0.25, -0.2) is 9.97 Å². The van der Waals surface area contributed by atoms with Gasteiger partial charge in [-0.2, -0.15) is 5.26 Å². The largest absolute Gasteiger partial charge is 0.393 e. The lowest BCUT2D eigenvalue weighted by Crippen LogP contribution is -2.25. The van der Waals surface area contributed by atoms with Crippen LogP contribution in [0, 0.1) is 17.2 Å². The quantitative estimate of drug-likeness (QED) is 0.821. The van der Waals surface area contributed by atoms with Crippen LogP contribution in [-0.4, -0.2) is 27.7 Å². The van der Waals surface area contributed by atoms with Crippen LogP contribution in [0.2, 0.25) is 0 Å². The van der Waals surface area contributed by atoms with Gasteiger partial charge in [0.1, 0.15) is 11.9 Å². The highest BCUT2D eigenvalue weighted by atomic mass is 16.3. The Labute approximate surface area is 101 Å². The number of nitrogens with one attached hydrogen (secondary N) is 1. The molecule has 0 aliphatic heterocycles. The van der Waals surface area contributed by atoms with Crippen LogP contribution >= 0.6 is 0 Å². The van der Waals surface area contributed by atoms with Gasteiger partial charge in [-0.1, -0.05) is 6.42 Å². The Hall–Kier alpha value is -1.67. The number of nitrogens with zero attached hydrogens (tertiary/aromatic N) is 3. The number of hydrogen-bond acceptors (Lipinski definition) is 5. The molecular formula is C12H16N4O. The molecule has 2 atom stereocenters. The van der Waals surface area contributed by atoms with E-state index in [1.165, 1.54) is 6.20 Å². The number of aliphatic hydroxyl groups excluding tert-OH is 1. The highest BCUT2D eigenvalue weighted by Crippen LogP contribution is 2.24. The monoisotopic (exact) mass is 232 g/mol. The van der Waals surface area contributed by atoms with Crippen LogP contribution in [0.15, 0.2) is 12.4 Å². The van der Waals surface area contributed by atoms with E-state index in [1.54, 1.807) is 6.20 Å². The van der Waals surface area contributed by atoms with Crippen molar-refractivity contribution in [3.05, 3.63) is 18.1 Å². The number of anilines is 1. The van der Waals surface area contributed by atoms with Gasteiger partial charge in [-0.3, -0.25) is 0 Å². The first kappa shape index (κ1) is 11.8. The van der Waals surface area contributed by atoms with E-state index < -0.39 is 0 Å². The van der Waals surface area contributed by atoms with Crippen LogP contribution < -0.4 is 5.32 Å². The summed E-state index contributed by atoms with van der Waals surface area (Å²) >= 11 is 0. The van der Waals surface area contributed by atoms with Crippen LogP contribution in [0.3, 0.4) is 0 Å². The van der Waals surface area contributed by atoms with E-state index in [4.69, 9.17) is 5.26 Å². The molecule has 1 aromatic rings. The fourth-order valence-corrected chi connectivity index (χ4v) is 2.17. The molecule has 1 aromatic heterocycles. The maximum atomic E-state index is 9.55. The van der Waals surface area contributed by atoms with E-state index in [9.17, 15) is 5.11 Å². The lowest BCUT2D eigenvalue weighted by Gasteiger charge is -2.25. The predicted molar refractivity (Wildman–Crippen MR) is 63.2 cm³/mol. The Morgan fingerprint density at radius 2 is 2.29 bits per heavy atom. The molecule has 1 aliphatic carbocycles. The summed E-state index contributed by atoms with van der Waals surface area (Å²) in [5.41, 5.74) is 0.323. The first-order chi connectivity index (χ1) is 8.28. The van der Waals surface area contributed by atoms with Crippen molar-refractivity contribution in [2.24, 2.45) is 5.92 Å². The van der Waals surface area contributed by atoms with E-state index in [1.807, 2.05) is 6.07 Å². The first-order valence-electron chi connectivity index (χ1n) is 5.92. The molecule has 2 rings (SSSR count). The van der Waals surface area contributed by atoms with Crippen molar-refractivity contribution in [3.63, 3.8) is 0 Å². The van der Waals surface area contributed by atoms with E-state index in [0.717, 1.165) is 32.2 Å². The van der Waals surface area contributed by atoms with Crippen molar-refractivity contribution in [3.8, 4) is 6.07 Å². The lowest BCUT2D eigenvalue weighted by molar-refractivity contribution is 0.104. The van der Waals surface area contributed by atoms with Gasteiger partial charge in [0.15, 0.2) is 5.69 Å². The van der Waals surface area contributed by atoms with Gasteiger partial charge in [0.2, 0.25) is 0 Å². The van der Waals surface area contributed by atoms with Crippen LogP contribution in [0.1, 0.15) is 31.4 Å². The summed E-state index contributed by atoms with van der Waals surface area (Å²) in [6.45, 7) is 0.803. The minimum Gasteiger partial charge on any atom is -0.393 e. The molecule has 0 saturated heterocycles. The molecular weight excluding hydrogens is 216 g/mol. The normalized spacial score (nSPS) is 24.0. The van der Waals surface area contributed by atoms with E-state index >= 15 is 0 Å². The van der Waals surface area contributed by atoms with Crippen molar-refractivity contribution in [1.29, 1.82) is 5.26 Å². The molecule has 2 unspecified atom stereocenters. The molecule has 5 nitrogen and oxygen atoms in total. The summed E-state index contributed by atoms with van der Waals surface area (Å²) in [5, 5.41) is 21.3. The molecule has 1 heterocycles. The summed E-state index contributed by atoms with van der Waals surface area (Å²) < 4.78 is 0. The van der Waals surface area contributed by atoms with Gasteiger partial charge in [-0.05, 0) is 25.2 Å². The molecule has 0 radical (unpaired) electrons. The number of aliphatic hydroxyl groups is 1. The number of aromatic nitrogens is 2. The zero-order valence-corrected chi connectivity index (χ0v) is 9.63. The average Bonchev–Trinajstić information content (AvgIpc) is 2.37. The third-order valence-corrected chi connectivity index (χ3v) is 3.09. The average molecular weight is 232 g/mol. The van der Waals surface area contributed by atoms with Crippen molar-refractivity contribution in [1.82, 2.24) is 9.97 Å². The molecule has 1 fully saturated rings. The van der Waals surface area contributed by atoms with E-state index in [-0.39, 0.29) is 6.10 Å². The maximum Gasteiger partial charge on any atom is 0.158 e. The summed E-state index contributed by atoms with van der Waals surface area (Å²) in [7, 11) is 0. The zero-order chi connectivity index (χ0) is 12.1. The number of rotatable bonds is 3. The number of hydrogen-bond donors (Lipinski definition) is 2. The first-order valence-corrected chi connectivity index (χ1v) is 5.92. The maximum absolute atomic E-state index is 9.55. The molecule has 0 spiro atoms. The Kier molecular flexibility index (Phi) is 3.89. The SMILES string of the molecule is N#Cc1cnc(NCC2CCCC(O)C2)cn1. The van der Waals surface area contributed by atoms with Crippen LogP contribution in [-0.2, 0) is 0 Å².